The molecule has 0 aromatic carbocycles. The van der Waals surface area contributed by atoms with Gasteiger partial charge < -0.3 is 25.2 Å². The van der Waals surface area contributed by atoms with Crippen LogP contribution in [-0.4, -0.2) is 52.7 Å². The van der Waals surface area contributed by atoms with Crippen molar-refractivity contribution in [1.82, 2.24) is 0 Å². The molecule has 3 unspecified atom stereocenters. The van der Waals surface area contributed by atoms with Crippen LogP contribution in [0.2, 0.25) is 0 Å². The summed E-state index contributed by atoms with van der Waals surface area (Å²) >= 11 is 1.56. The standard InChI is InChI=1S/C8H17INO8P/c1-6(11)15-4-7(18-8(9)12)5-17-19(13,14)16-3-2-10/h7-8,12H,2-5,10H2,1H3,(H,13,14). The number of rotatable bonds is 10. The van der Waals surface area contributed by atoms with Crippen LogP contribution in [0.25, 0.3) is 0 Å². The topological polar surface area (TPSA) is 138 Å². The highest BCUT2D eigenvalue weighted by Gasteiger charge is 2.24. The van der Waals surface area contributed by atoms with Crippen LogP contribution in [0.15, 0.2) is 0 Å². The first-order valence-electron chi connectivity index (χ1n) is 5.19. The van der Waals surface area contributed by atoms with Crippen LogP contribution in [0.1, 0.15) is 6.92 Å². The monoisotopic (exact) mass is 413 g/mol. The van der Waals surface area contributed by atoms with Gasteiger partial charge in [-0.25, -0.2) is 4.57 Å². The van der Waals surface area contributed by atoms with Gasteiger partial charge in [0.2, 0.25) is 4.30 Å². The lowest BCUT2D eigenvalue weighted by atomic mass is 10.4. The predicted octanol–water partition coefficient (Wildman–Crippen LogP) is -0.262. The maximum absolute atomic E-state index is 11.3. The number of aliphatic hydroxyl groups excluding tert-OH is 1. The second-order valence-corrected chi connectivity index (χ2v) is 5.76. The second-order valence-electron chi connectivity index (χ2n) is 3.24. The average Bonchev–Trinajstić information content (AvgIpc) is 2.29. The Hall–Kier alpha value is 0.190. The van der Waals surface area contributed by atoms with E-state index in [9.17, 15) is 14.3 Å². The molecule has 0 radical (unpaired) electrons. The number of alkyl halides is 1. The van der Waals surface area contributed by atoms with Crippen molar-refractivity contribution < 1.29 is 37.9 Å². The fraction of sp³-hybridized carbons (Fsp3) is 0.875. The Labute approximate surface area is 124 Å². The Morgan fingerprint density at radius 1 is 1.42 bits per heavy atom. The summed E-state index contributed by atoms with van der Waals surface area (Å²) in [6.07, 6.45) is -0.905. The molecule has 3 atom stereocenters. The van der Waals surface area contributed by atoms with E-state index in [1.54, 1.807) is 22.6 Å². The number of halogens is 1. The number of aliphatic hydroxyl groups is 1. The molecule has 0 aliphatic rings. The maximum atomic E-state index is 11.3. The van der Waals surface area contributed by atoms with Crippen molar-refractivity contribution in [1.29, 1.82) is 0 Å². The average molecular weight is 413 g/mol. The first-order chi connectivity index (χ1) is 8.76. The fourth-order valence-corrected chi connectivity index (χ4v) is 2.06. The number of carbonyl (C=O) groups excluding carboxylic acids is 1. The molecule has 114 valence electrons. The number of phosphoric ester groups is 1. The van der Waals surface area contributed by atoms with E-state index in [0.29, 0.717) is 0 Å². The van der Waals surface area contributed by atoms with Crippen LogP contribution in [-0.2, 0) is 27.9 Å². The predicted molar refractivity (Wildman–Crippen MR) is 72.3 cm³/mol. The first-order valence-corrected chi connectivity index (χ1v) is 7.94. The van der Waals surface area contributed by atoms with Gasteiger partial charge >= 0.3 is 13.8 Å². The van der Waals surface area contributed by atoms with Gasteiger partial charge in [-0.15, -0.1) is 0 Å². The summed E-state index contributed by atoms with van der Waals surface area (Å²) in [6.45, 7) is 0.490. The Morgan fingerprint density at radius 3 is 2.53 bits per heavy atom. The molecule has 0 amide bonds. The van der Waals surface area contributed by atoms with Gasteiger partial charge in [-0.05, 0) is 22.6 Å². The molecular formula is C8H17INO8P. The van der Waals surface area contributed by atoms with E-state index >= 15 is 0 Å². The normalized spacial score (nSPS) is 17.5. The number of hydrogen-bond acceptors (Lipinski definition) is 8. The molecule has 0 aromatic rings. The van der Waals surface area contributed by atoms with E-state index in [1.807, 2.05) is 0 Å². The lowest BCUT2D eigenvalue weighted by molar-refractivity contribution is -0.151. The van der Waals surface area contributed by atoms with Gasteiger partial charge in [-0.2, -0.15) is 0 Å². The highest BCUT2D eigenvalue weighted by Crippen LogP contribution is 2.43. The summed E-state index contributed by atoms with van der Waals surface area (Å²) in [5.41, 5.74) is 5.11. The summed E-state index contributed by atoms with van der Waals surface area (Å²) in [5, 5.41) is 9.05. The van der Waals surface area contributed by atoms with Gasteiger partial charge in [0.15, 0.2) is 0 Å². The van der Waals surface area contributed by atoms with Crippen LogP contribution >= 0.6 is 30.4 Å². The summed E-state index contributed by atoms with van der Waals surface area (Å²) in [6, 6.07) is 0. The van der Waals surface area contributed by atoms with Crippen molar-refractivity contribution in [2.45, 2.75) is 17.3 Å². The lowest BCUT2D eigenvalue weighted by Crippen LogP contribution is -2.29. The molecule has 0 aliphatic heterocycles. The number of ether oxygens (including phenoxy) is 2. The van der Waals surface area contributed by atoms with Crippen molar-refractivity contribution >= 4 is 36.4 Å². The second kappa shape index (κ2) is 10.00. The molecule has 9 nitrogen and oxygen atoms in total. The molecular weight excluding hydrogens is 396 g/mol. The molecule has 0 bridgehead atoms. The van der Waals surface area contributed by atoms with E-state index < -0.39 is 30.8 Å². The van der Waals surface area contributed by atoms with E-state index in [0.717, 1.165) is 0 Å². The van der Waals surface area contributed by atoms with Crippen molar-refractivity contribution in [3.8, 4) is 0 Å². The van der Waals surface area contributed by atoms with Gasteiger partial charge in [-0.1, -0.05) is 0 Å². The Bertz CT molecular complexity index is 315. The van der Waals surface area contributed by atoms with E-state index in [1.165, 1.54) is 6.92 Å². The zero-order valence-corrected chi connectivity index (χ0v) is 13.3. The van der Waals surface area contributed by atoms with Crippen molar-refractivity contribution in [3.63, 3.8) is 0 Å². The Kier molecular flexibility index (Phi) is 10.1. The zero-order chi connectivity index (χ0) is 14.9. The molecule has 0 saturated heterocycles. The summed E-state index contributed by atoms with van der Waals surface area (Å²) < 4.78 is 28.9. The van der Waals surface area contributed by atoms with Crippen molar-refractivity contribution in [2.24, 2.45) is 5.73 Å². The zero-order valence-electron chi connectivity index (χ0n) is 10.2. The molecule has 0 fully saturated rings. The number of hydrogen-bond donors (Lipinski definition) is 3. The van der Waals surface area contributed by atoms with E-state index in [4.69, 9.17) is 15.6 Å². The minimum absolute atomic E-state index is 0.0632. The number of esters is 1. The number of nitrogens with two attached hydrogens (primary N) is 1. The van der Waals surface area contributed by atoms with Crippen LogP contribution in [0, 0.1) is 0 Å². The van der Waals surface area contributed by atoms with E-state index in [-0.39, 0.29) is 19.8 Å². The Balaban J connectivity index is 4.23. The molecule has 0 rings (SSSR count). The lowest BCUT2D eigenvalue weighted by Gasteiger charge is -2.20. The molecule has 0 spiro atoms. The minimum atomic E-state index is -4.24. The molecule has 11 heteroatoms. The molecule has 0 aromatic heterocycles. The van der Waals surface area contributed by atoms with Crippen molar-refractivity contribution in [3.05, 3.63) is 0 Å². The third kappa shape index (κ3) is 11.7. The van der Waals surface area contributed by atoms with Crippen LogP contribution in [0.5, 0.6) is 0 Å². The number of phosphoric acid groups is 1. The van der Waals surface area contributed by atoms with Gasteiger partial charge in [-0.3, -0.25) is 13.8 Å². The van der Waals surface area contributed by atoms with Crippen LogP contribution in [0.3, 0.4) is 0 Å². The molecule has 4 N–H and O–H groups in total. The largest absolute Gasteiger partial charge is 0.472 e. The van der Waals surface area contributed by atoms with Crippen molar-refractivity contribution in [2.75, 3.05) is 26.4 Å². The summed E-state index contributed by atoms with van der Waals surface area (Å²) in [7, 11) is -4.24. The summed E-state index contributed by atoms with van der Waals surface area (Å²) in [5.74, 6) is -0.553. The quantitative estimate of drug-likeness (QED) is 0.145. The van der Waals surface area contributed by atoms with Crippen LogP contribution in [0.4, 0.5) is 0 Å². The third-order valence-electron chi connectivity index (χ3n) is 1.57. The van der Waals surface area contributed by atoms with Gasteiger partial charge in [0.1, 0.15) is 12.7 Å². The van der Waals surface area contributed by atoms with Gasteiger partial charge in [0.25, 0.3) is 0 Å². The number of carbonyl (C=O) groups is 1. The molecule has 0 aliphatic carbocycles. The SMILES string of the molecule is CC(=O)OCC(COP(=O)(O)OCCN)OC(O)I. The third-order valence-corrected chi connectivity index (χ3v) is 2.85. The maximum Gasteiger partial charge on any atom is 0.472 e. The molecule has 0 heterocycles. The fourth-order valence-electron chi connectivity index (χ4n) is 0.878. The first kappa shape index (κ1) is 19.2. The van der Waals surface area contributed by atoms with Gasteiger partial charge in [0.05, 0.1) is 13.2 Å². The highest BCUT2D eigenvalue weighted by atomic mass is 127. The highest BCUT2D eigenvalue weighted by molar-refractivity contribution is 14.1. The Morgan fingerprint density at radius 2 is 2.05 bits per heavy atom. The van der Waals surface area contributed by atoms with Gasteiger partial charge in [0, 0.05) is 13.5 Å². The van der Waals surface area contributed by atoms with E-state index in [2.05, 4.69) is 13.8 Å². The smallest absolute Gasteiger partial charge is 0.463 e. The molecule has 19 heavy (non-hydrogen) atoms. The van der Waals surface area contributed by atoms with Crippen LogP contribution < -0.4 is 5.73 Å². The molecule has 0 saturated carbocycles. The minimum Gasteiger partial charge on any atom is -0.463 e. The summed E-state index contributed by atoms with van der Waals surface area (Å²) in [4.78, 5) is 19.9.